The second-order valence-corrected chi connectivity index (χ2v) is 5.88. The highest BCUT2D eigenvalue weighted by Crippen LogP contribution is 2.25. The fourth-order valence-corrected chi connectivity index (χ4v) is 2.80. The summed E-state index contributed by atoms with van der Waals surface area (Å²) in [5.74, 6) is -0.591. The lowest BCUT2D eigenvalue weighted by Crippen LogP contribution is -2.06. The van der Waals surface area contributed by atoms with Crippen molar-refractivity contribution in [3.8, 4) is 17.1 Å². The third-order valence-corrected chi connectivity index (χ3v) is 4.08. The number of carbonyl (C=O) groups is 1. The van der Waals surface area contributed by atoms with Crippen molar-refractivity contribution >= 4 is 11.5 Å². The number of aliphatic carboxylic acids is 1. The molecule has 0 aliphatic heterocycles. The first-order valence-electron chi connectivity index (χ1n) is 8.37. The first kappa shape index (κ1) is 18.3. The van der Waals surface area contributed by atoms with Crippen molar-refractivity contribution in [1.29, 1.82) is 0 Å². The van der Waals surface area contributed by atoms with E-state index in [1.165, 1.54) is 13.4 Å². The van der Waals surface area contributed by atoms with E-state index in [-0.39, 0.29) is 12.2 Å². The standard InChI is InChI=1S/C21H20N2O4/c1-23-19(15-8-4-3-5-9-15)12-20(22-23)27-13-16-10-6-7-11-17(16)18(14-26-2)21(24)25/h3-12,14H,13H2,1-2H3,(H,24,25). The minimum absolute atomic E-state index is 0.0719. The zero-order valence-electron chi connectivity index (χ0n) is 15.1. The molecule has 0 aliphatic carbocycles. The van der Waals surface area contributed by atoms with Gasteiger partial charge in [0.1, 0.15) is 12.2 Å². The molecule has 0 spiro atoms. The van der Waals surface area contributed by atoms with Crippen molar-refractivity contribution in [2.75, 3.05) is 7.11 Å². The molecule has 1 N–H and O–H groups in total. The summed E-state index contributed by atoms with van der Waals surface area (Å²) in [5.41, 5.74) is 3.33. The van der Waals surface area contributed by atoms with Crippen LogP contribution in [0.5, 0.6) is 5.88 Å². The molecule has 0 atom stereocenters. The Kier molecular flexibility index (Phi) is 5.56. The molecule has 0 amide bonds. The molecule has 6 heteroatoms. The van der Waals surface area contributed by atoms with Crippen LogP contribution in [0, 0.1) is 0 Å². The van der Waals surface area contributed by atoms with E-state index < -0.39 is 5.97 Å². The summed E-state index contributed by atoms with van der Waals surface area (Å²) in [4.78, 5) is 11.5. The lowest BCUT2D eigenvalue weighted by atomic mass is 10.0. The van der Waals surface area contributed by atoms with Crippen LogP contribution in [0.4, 0.5) is 0 Å². The number of aryl methyl sites for hydroxylation is 1. The van der Waals surface area contributed by atoms with Gasteiger partial charge in [0.05, 0.1) is 19.1 Å². The van der Waals surface area contributed by atoms with Gasteiger partial charge in [-0.2, -0.15) is 0 Å². The van der Waals surface area contributed by atoms with E-state index in [0.717, 1.165) is 16.8 Å². The number of nitrogens with zero attached hydrogens (tertiary/aromatic N) is 2. The maximum absolute atomic E-state index is 11.5. The van der Waals surface area contributed by atoms with Crippen LogP contribution in [0.1, 0.15) is 11.1 Å². The normalized spacial score (nSPS) is 11.3. The molecular formula is C21H20N2O4. The van der Waals surface area contributed by atoms with Gasteiger partial charge in [-0.25, -0.2) is 4.79 Å². The van der Waals surface area contributed by atoms with Crippen LogP contribution in [0.3, 0.4) is 0 Å². The lowest BCUT2D eigenvalue weighted by molar-refractivity contribution is -0.130. The summed E-state index contributed by atoms with van der Waals surface area (Å²) >= 11 is 0. The first-order chi connectivity index (χ1) is 13.1. The maximum atomic E-state index is 11.5. The topological polar surface area (TPSA) is 73.6 Å². The molecule has 1 heterocycles. The Morgan fingerprint density at radius 3 is 2.56 bits per heavy atom. The van der Waals surface area contributed by atoms with Gasteiger partial charge >= 0.3 is 5.97 Å². The van der Waals surface area contributed by atoms with Gasteiger partial charge in [-0.05, 0) is 16.7 Å². The number of carboxylic acid groups (broad SMARTS) is 1. The number of benzene rings is 2. The SMILES string of the molecule is COC=C(C(=O)O)c1ccccc1COc1cc(-c2ccccc2)n(C)n1. The fraction of sp³-hybridized carbons (Fsp3) is 0.143. The van der Waals surface area contributed by atoms with Crippen molar-refractivity contribution in [2.45, 2.75) is 6.61 Å². The highest BCUT2D eigenvalue weighted by Gasteiger charge is 2.16. The van der Waals surface area contributed by atoms with Gasteiger partial charge in [-0.15, -0.1) is 5.10 Å². The summed E-state index contributed by atoms with van der Waals surface area (Å²) in [6.45, 7) is 0.190. The molecule has 3 rings (SSSR count). The van der Waals surface area contributed by atoms with Crippen molar-refractivity contribution in [3.05, 3.63) is 78.1 Å². The van der Waals surface area contributed by atoms with Gasteiger partial charge in [-0.3, -0.25) is 4.68 Å². The minimum atomic E-state index is -1.06. The van der Waals surface area contributed by atoms with Crippen LogP contribution in [0.25, 0.3) is 16.8 Å². The number of hydrogen-bond donors (Lipinski definition) is 1. The van der Waals surface area contributed by atoms with E-state index in [2.05, 4.69) is 5.10 Å². The smallest absolute Gasteiger partial charge is 0.339 e. The lowest BCUT2D eigenvalue weighted by Gasteiger charge is -2.10. The van der Waals surface area contributed by atoms with E-state index >= 15 is 0 Å². The predicted molar refractivity (Wildman–Crippen MR) is 102 cm³/mol. The van der Waals surface area contributed by atoms with E-state index in [1.807, 2.05) is 55.6 Å². The molecule has 138 valence electrons. The van der Waals surface area contributed by atoms with Crippen LogP contribution < -0.4 is 4.74 Å². The third-order valence-electron chi connectivity index (χ3n) is 4.08. The monoisotopic (exact) mass is 364 g/mol. The molecule has 3 aromatic rings. The third kappa shape index (κ3) is 4.17. The highest BCUT2D eigenvalue weighted by atomic mass is 16.5. The highest BCUT2D eigenvalue weighted by molar-refractivity contribution is 6.15. The summed E-state index contributed by atoms with van der Waals surface area (Å²) in [6, 6.07) is 18.9. The van der Waals surface area contributed by atoms with Crippen LogP contribution in [0.2, 0.25) is 0 Å². The number of carboxylic acids is 1. The predicted octanol–water partition coefficient (Wildman–Crippen LogP) is 3.74. The fourth-order valence-electron chi connectivity index (χ4n) is 2.80. The number of rotatable bonds is 7. The van der Waals surface area contributed by atoms with Gasteiger partial charge in [0.25, 0.3) is 0 Å². The van der Waals surface area contributed by atoms with Crippen molar-refractivity contribution in [2.24, 2.45) is 7.05 Å². The Bertz CT molecular complexity index is 961. The maximum Gasteiger partial charge on any atom is 0.339 e. The molecule has 2 aromatic carbocycles. The van der Waals surface area contributed by atoms with Gasteiger partial charge in [0.2, 0.25) is 5.88 Å². The van der Waals surface area contributed by atoms with Gasteiger partial charge in [0, 0.05) is 13.1 Å². The Balaban J connectivity index is 1.82. The second kappa shape index (κ2) is 8.23. The van der Waals surface area contributed by atoms with Crippen molar-refractivity contribution < 1.29 is 19.4 Å². The molecule has 0 saturated heterocycles. The Hall–Kier alpha value is -3.54. The Morgan fingerprint density at radius 1 is 1.15 bits per heavy atom. The van der Waals surface area contributed by atoms with Gasteiger partial charge in [-0.1, -0.05) is 54.6 Å². The van der Waals surface area contributed by atoms with Crippen LogP contribution in [-0.4, -0.2) is 28.0 Å². The minimum Gasteiger partial charge on any atom is -0.503 e. The zero-order chi connectivity index (χ0) is 19.2. The molecule has 0 fully saturated rings. The molecule has 1 aromatic heterocycles. The summed E-state index contributed by atoms with van der Waals surface area (Å²) in [7, 11) is 3.27. The number of methoxy groups -OCH3 is 1. The Labute approximate surface area is 157 Å². The summed E-state index contributed by atoms with van der Waals surface area (Å²) < 4.78 is 12.5. The van der Waals surface area contributed by atoms with Gasteiger partial charge in [0.15, 0.2) is 0 Å². The second-order valence-electron chi connectivity index (χ2n) is 5.88. The van der Waals surface area contributed by atoms with Crippen molar-refractivity contribution in [3.63, 3.8) is 0 Å². The van der Waals surface area contributed by atoms with Crippen LogP contribution >= 0.6 is 0 Å². The first-order valence-corrected chi connectivity index (χ1v) is 8.37. The zero-order valence-corrected chi connectivity index (χ0v) is 15.1. The average molecular weight is 364 g/mol. The molecule has 27 heavy (non-hydrogen) atoms. The largest absolute Gasteiger partial charge is 0.503 e. The van der Waals surface area contributed by atoms with Gasteiger partial charge < -0.3 is 14.6 Å². The average Bonchev–Trinajstić information content (AvgIpc) is 3.06. The molecule has 0 aliphatic rings. The van der Waals surface area contributed by atoms with Crippen molar-refractivity contribution in [1.82, 2.24) is 9.78 Å². The molecule has 0 radical (unpaired) electrons. The van der Waals surface area contributed by atoms with E-state index in [4.69, 9.17) is 9.47 Å². The number of ether oxygens (including phenoxy) is 2. The number of aromatic nitrogens is 2. The molecule has 0 saturated carbocycles. The molecule has 6 nitrogen and oxygen atoms in total. The quantitative estimate of drug-likeness (QED) is 0.511. The van der Waals surface area contributed by atoms with E-state index in [0.29, 0.717) is 11.4 Å². The van der Waals surface area contributed by atoms with E-state index in [1.54, 1.807) is 16.8 Å². The van der Waals surface area contributed by atoms with E-state index in [9.17, 15) is 9.90 Å². The summed E-state index contributed by atoms with van der Waals surface area (Å²) in [6.07, 6.45) is 1.22. The number of hydrogen-bond acceptors (Lipinski definition) is 4. The molecule has 0 bridgehead atoms. The van der Waals surface area contributed by atoms with Crippen LogP contribution in [-0.2, 0) is 23.2 Å². The van der Waals surface area contributed by atoms with Crippen LogP contribution in [0.15, 0.2) is 66.9 Å². The molecule has 0 unspecified atom stereocenters. The molecular weight excluding hydrogens is 344 g/mol. The summed E-state index contributed by atoms with van der Waals surface area (Å²) in [5, 5.41) is 13.8. The Morgan fingerprint density at radius 2 is 1.85 bits per heavy atom.